The number of nitrogens with one attached hydrogen (secondary N) is 1. The van der Waals surface area contributed by atoms with Crippen LogP contribution in [0.3, 0.4) is 0 Å². The molecule has 7 nitrogen and oxygen atoms in total. The van der Waals surface area contributed by atoms with Crippen LogP contribution in [0.15, 0.2) is 52.6 Å². The van der Waals surface area contributed by atoms with Crippen LogP contribution in [-0.2, 0) is 21.4 Å². The van der Waals surface area contributed by atoms with Crippen molar-refractivity contribution in [3.05, 3.63) is 59.6 Å². The van der Waals surface area contributed by atoms with Gasteiger partial charge in [-0.3, -0.25) is 9.69 Å². The minimum atomic E-state index is -3.40. The van der Waals surface area contributed by atoms with Crippen molar-refractivity contribution in [1.82, 2.24) is 15.1 Å². The van der Waals surface area contributed by atoms with Gasteiger partial charge in [-0.25, -0.2) is 12.8 Å². The van der Waals surface area contributed by atoms with Crippen molar-refractivity contribution in [3.8, 4) is 0 Å². The summed E-state index contributed by atoms with van der Waals surface area (Å²) in [6, 6.07) is 6.64. The number of hydrogen-bond acceptors (Lipinski definition) is 5. The standard InChI is InChI=1S/C20H23FN4O3S/c21-17-4-1-15(2-5-17)13-24-9-7-18(8-10-24)22-20(26)16-3-6-19-23-29(27,28)12-11-25(19)14-16/h1-6,14,18H,7-13H2,(H,22,26). The molecule has 0 atom stereocenters. The lowest BCUT2D eigenvalue weighted by Gasteiger charge is -2.33. The van der Waals surface area contributed by atoms with E-state index in [0.717, 1.165) is 38.0 Å². The second-order valence-electron chi connectivity index (χ2n) is 7.50. The van der Waals surface area contributed by atoms with E-state index in [4.69, 9.17) is 0 Å². The zero-order valence-corrected chi connectivity index (χ0v) is 16.7. The quantitative estimate of drug-likeness (QED) is 0.800. The highest BCUT2D eigenvalue weighted by molar-refractivity contribution is 7.90. The van der Waals surface area contributed by atoms with Gasteiger partial charge in [0.2, 0.25) is 0 Å². The molecule has 0 unspecified atom stereocenters. The minimum Gasteiger partial charge on any atom is -0.349 e. The van der Waals surface area contributed by atoms with Crippen LogP contribution in [0.5, 0.6) is 0 Å². The highest BCUT2D eigenvalue weighted by Gasteiger charge is 2.26. The second-order valence-corrected chi connectivity index (χ2v) is 9.25. The summed E-state index contributed by atoms with van der Waals surface area (Å²) in [6.07, 6.45) is 6.52. The molecule has 3 heterocycles. The molecule has 0 bridgehead atoms. The molecular formula is C20H23FN4O3S. The maximum Gasteiger partial charge on any atom is 0.256 e. The van der Waals surface area contributed by atoms with E-state index < -0.39 is 10.0 Å². The van der Waals surface area contributed by atoms with Crippen LogP contribution in [0.2, 0.25) is 0 Å². The van der Waals surface area contributed by atoms with E-state index in [1.54, 1.807) is 35.4 Å². The van der Waals surface area contributed by atoms with Crippen LogP contribution in [-0.4, -0.2) is 61.4 Å². The van der Waals surface area contributed by atoms with Crippen molar-refractivity contribution < 1.29 is 17.6 Å². The second kappa shape index (κ2) is 8.08. The molecular weight excluding hydrogens is 395 g/mol. The van der Waals surface area contributed by atoms with Crippen LogP contribution in [0.1, 0.15) is 18.4 Å². The molecule has 3 aliphatic heterocycles. The van der Waals surface area contributed by atoms with Gasteiger partial charge in [0.15, 0.2) is 0 Å². The third-order valence-corrected chi connectivity index (χ3v) is 6.49. The minimum absolute atomic E-state index is 0.0533. The molecule has 1 aromatic carbocycles. The summed E-state index contributed by atoms with van der Waals surface area (Å²) in [5, 5.41) is 3.07. The summed E-state index contributed by atoms with van der Waals surface area (Å²) in [4.78, 5) is 16.6. The third-order valence-electron chi connectivity index (χ3n) is 5.33. The summed E-state index contributed by atoms with van der Waals surface area (Å²) in [5.74, 6) is -0.0964. The monoisotopic (exact) mass is 418 g/mol. The van der Waals surface area contributed by atoms with Crippen molar-refractivity contribution >= 4 is 21.8 Å². The van der Waals surface area contributed by atoms with Gasteiger partial charge in [0.1, 0.15) is 11.7 Å². The van der Waals surface area contributed by atoms with Gasteiger partial charge in [-0.15, -0.1) is 4.40 Å². The zero-order chi connectivity index (χ0) is 20.4. The van der Waals surface area contributed by atoms with Gasteiger partial charge in [0.05, 0.1) is 11.3 Å². The molecule has 1 N–H and O–H groups in total. The topological polar surface area (TPSA) is 82.1 Å². The predicted molar refractivity (Wildman–Crippen MR) is 108 cm³/mol. The Morgan fingerprint density at radius 3 is 2.59 bits per heavy atom. The molecule has 0 aromatic heterocycles. The Kier molecular flexibility index (Phi) is 5.51. The van der Waals surface area contributed by atoms with E-state index in [2.05, 4.69) is 14.6 Å². The Morgan fingerprint density at radius 1 is 1.14 bits per heavy atom. The van der Waals surface area contributed by atoms with Gasteiger partial charge in [-0.1, -0.05) is 12.1 Å². The summed E-state index contributed by atoms with van der Waals surface area (Å²) >= 11 is 0. The molecule has 29 heavy (non-hydrogen) atoms. The Labute approximate surface area is 169 Å². The first-order valence-electron chi connectivity index (χ1n) is 9.65. The summed E-state index contributed by atoms with van der Waals surface area (Å²) in [5.41, 5.74) is 1.57. The van der Waals surface area contributed by atoms with E-state index in [-0.39, 0.29) is 23.5 Å². The van der Waals surface area contributed by atoms with Gasteiger partial charge < -0.3 is 10.2 Å². The van der Waals surface area contributed by atoms with Gasteiger partial charge in [0.25, 0.3) is 15.9 Å². The maximum atomic E-state index is 13.0. The molecule has 154 valence electrons. The largest absolute Gasteiger partial charge is 0.349 e. The Morgan fingerprint density at radius 2 is 1.86 bits per heavy atom. The van der Waals surface area contributed by atoms with Crippen molar-refractivity contribution in [2.75, 3.05) is 25.4 Å². The van der Waals surface area contributed by atoms with E-state index in [0.29, 0.717) is 18.0 Å². The lowest BCUT2D eigenvalue weighted by Crippen LogP contribution is -2.45. The number of amides is 1. The number of carbonyl (C=O) groups excluding carboxylic acids is 1. The average Bonchev–Trinajstić information content (AvgIpc) is 2.70. The number of benzene rings is 1. The fourth-order valence-corrected chi connectivity index (χ4v) is 4.66. The summed E-state index contributed by atoms with van der Waals surface area (Å²) < 4.78 is 39.9. The first kappa shape index (κ1) is 19.8. The number of rotatable bonds is 4. The number of piperidine rings is 1. The van der Waals surface area contributed by atoms with Crippen LogP contribution >= 0.6 is 0 Å². The molecule has 9 heteroatoms. The van der Waals surface area contributed by atoms with Crippen molar-refractivity contribution in [2.24, 2.45) is 4.40 Å². The molecule has 1 fully saturated rings. The van der Waals surface area contributed by atoms with Gasteiger partial charge >= 0.3 is 0 Å². The Balaban J connectivity index is 1.29. The number of carbonyl (C=O) groups is 1. The normalized spacial score (nSPS) is 21.9. The van der Waals surface area contributed by atoms with Crippen LogP contribution < -0.4 is 5.32 Å². The van der Waals surface area contributed by atoms with Crippen LogP contribution in [0, 0.1) is 5.82 Å². The van der Waals surface area contributed by atoms with Crippen LogP contribution in [0.25, 0.3) is 0 Å². The molecule has 0 saturated carbocycles. The lowest BCUT2D eigenvalue weighted by molar-refractivity contribution is -0.118. The summed E-state index contributed by atoms with van der Waals surface area (Å²) in [7, 11) is -3.40. The SMILES string of the molecule is O=C(NC1CCN(Cc2ccc(F)cc2)CC1)C1=CN2CCS(=O)(=O)N=C2C=C1. The fourth-order valence-electron chi connectivity index (χ4n) is 3.69. The lowest BCUT2D eigenvalue weighted by atomic mass is 10.0. The van der Waals surface area contributed by atoms with E-state index in [1.807, 2.05) is 0 Å². The highest BCUT2D eigenvalue weighted by Crippen LogP contribution is 2.18. The van der Waals surface area contributed by atoms with Crippen molar-refractivity contribution in [1.29, 1.82) is 0 Å². The number of likely N-dealkylation sites (tertiary alicyclic amines) is 1. The van der Waals surface area contributed by atoms with E-state index in [9.17, 15) is 17.6 Å². The molecule has 0 spiro atoms. The third kappa shape index (κ3) is 4.91. The van der Waals surface area contributed by atoms with Crippen molar-refractivity contribution in [2.45, 2.75) is 25.4 Å². The number of sulfonamides is 1. The average molecular weight is 418 g/mol. The molecule has 1 aromatic rings. The Bertz CT molecular complexity index is 977. The number of amidine groups is 1. The molecule has 0 radical (unpaired) electrons. The first-order valence-corrected chi connectivity index (χ1v) is 11.3. The van der Waals surface area contributed by atoms with E-state index in [1.165, 1.54) is 12.1 Å². The maximum absolute atomic E-state index is 13.0. The smallest absolute Gasteiger partial charge is 0.256 e. The first-order chi connectivity index (χ1) is 13.9. The Hall–Kier alpha value is -2.52. The van der Waals surface area contributed by atoms with Gasteiger partial charge in [-0.05, 0) is 42.7 Å². The van der Waals surface area contributed by atoms with Crippen LogP contribution in [0.4, 0.5) is 4.39 Å². The predicted octanol–water partition coefficient (Wildman–Crippen LogP) is 1.40. The molecule has 1 amide bonds. The number of nitrogens with zero attached hydrogens (tertiary/aromatic N) is 3. The summed E-state index contributed by atoms with van der Waals surface area (Å²) in [6.45, 7) is 2.79. The highest BCUT2D eigenvalue weighted by atomic mass is 32.2. The molecule has 4 rings (SSSR count). The van der Waals surface area contributed by atoms with E-state index >= 15 is 0 Å². The zero-order valence-electron chi connectivity index (χ0n) is 15.9. The molecule has 3 aliphatic rings. The van der Waals surface area contributed by atoms with Gasteiger partial charge in [-0.2, -0.15) is 0 Å². The van der Waals surface area contributed by atoms with Gasteiger partial charge in [0, 0.05) is 38.4 Å². The number of fused-ring (bicyclic) bond motifs is 1. The molecule has 0 aliphatic carbocycles. The number of hydrogen-bond donors (Lipinski definition) is 1. The number of halogens is 1. The fraction of sp³-hybridized carbons (Fsp3) is 0.400. The molecule has 1 saturated heterocycles. The van der Waals surface area contributed by atoms with Crippen molar-refractivity contribution in [3.63, 3.8) is 0 Å².